The molecule has 0 saturated carbocycles. The number of Topliss-reactive ketones (excluding diaryl/α,β-unsaturated/α-hetero) is 1. The molecule has 4 aromatic rings. The van der Waals surface area contributed by atoms with Crippen LogP contribution in [0, 0.1) is 0 Å². The van der Waals surface area contributed by atoms with Crippen molar-refractivity contribution < 1.29 is 14.1 Å². The molecule has 0 radical (unpaired) electrons. The first-order valence-corrected chi connectivity index (χ1v) is 10.8. The summed E-state index contributed by atoms with van der Waals surface area (Å²) in [6.45, 7) is 0. The number of nitrogens with one attached hydrogen (secondary N) is 1. The topological polar surface area (TPSA) is 98.0 Å². The zero-order valence-electron chi connectivity index (χ0n) is 15.2. The van der Waals surface area contributed by atoms with E-state index in [-0.39, 0.29) is 17.2 Å². The minimum absolute atomic E-state index is 0.0477. The summed E-state index contributed by atoms with van der Waals surface area (Å²) in [7, 11) is 0. The van der Waals surface area contributed by atoms with E-state index in [1.54, 1.807) is 30.3 Å². The van der Waals surface area contributed by atoms with Crippen molar-refractivity contribution in [3.63, 3.8) is 0 Å². The Labute approximate surface area is 184 Å². The third kappa shape index (κ3) is 4.93. The van der Waals surface area contributed by atoms with Crippen LogP contribution in [0.5, 0.6) is 0 Å². The van der Waals surface area contributed by atoms with E-state index >= 15 is 0 Å². The van der Waals surface area contributed by atoms with Crippen molar-refractivity contribution in [1.29, 1.82) is 0 Å². The number of nitrogens with zero attached hydrogens (tertiary/aromatic N) is 3. The third-order valence-electron chi connectivity index (χ3n) is 3.92. The summed E-state index contributed by atoms with van der Waals surface area (Å²) >= 11 is 8.26. The lowest BCUT2D eigenvalue weighted by Gasteiger charge is -1.99. The summed E-state index contributed by atoms with van der Waals surface area (Å²) in [5.41, 5.74) is 1.53. The van der Waals surface area contributed by atoms with Crippen LogP contribution in [-0.2, 0) is 0 Å². The van der Waals surface area contributed by atoms with Gasteiger partial charge in [-0.15, -0.1) is 10.2 Å². The van der Waals surface area contributed by atoms with E-state index in [4.69, 9.17) is 16.1 Å². The maximum Gasteiger partial charge on any atom is 0.279 e. The molecule has 10 heteroatoms. The number of benzene rings is 2. The van der Waals surface area contributed by atoms with Crippen LogP contribution in [0.3, 0.4) is 0 Å². The van der Waals surface area contributed by atoms with Gasteiger partial charge in [-0.3, -0.25) is 14.9 Å². The summed E-state index contributed by atoms with van der Waals surface area (Å²) < 4.78 is 5.80. The molecule has 0 aliphatic rings. The Morgan fingerprint density at radius 2 is 1.83 bits per heavy atom. The van der Waals surface area contributed by atoms with Crippen molar-refractivity contribution in [2.75, 3.05) is 11.1 Å². The van der Waals surface area contributed by atoms with Gasteiger partial charge in [-0.1, -0.05) is 70.2 Å². The number of aromatic nitrogens is 3. The van der Waals surface area contributed by atoms with Crippen molar-refractivity contribution in [2.24, 2.45) is 0 Å². The zero-order valence-corrected chi connectivity index (χ0v) is 17.6. The van der Waals surface area contributed by atoms with Gasteiger partial charge in [0.2, 0.25) is 5.13 Å². The van der Waals surface area contributed by atoms with E-state index in [0.29, 0.717) is 25.8 Å². The molecular formula is C20H13ClN4O3S2. The first-order valence-electron chi connectivity index (χ1n) is 8.67. The third-order valence-corrected chi connectivity index (χ3v) is 6.14. The summed E-state index contributed by atoms with van der Waals surface area (Å²) in [5.74, 6) is 0.197. The predicted molar refractivity (Wildman–Crippen MR) is 116 cm³/mol. The largest absolute Gasteiger partial charge is 0.355 e. The highest BCUT2D eigenvalue weighted by molar-refractivity contribution is 8.01. The van der Waals surface area contributed by atoms with Gasteiger partial charge in [0.25, 0.3) is 5.91 Å². The molecule has 0 aliphatic carbocycles. The van der Waals surface area contributed by atoms with Gasteiger partial charge in [-0.25, -0.2) is 0 Å². The van der Waals surface area contributed by atoms with Crippen LogP contribution in [0.2, 0.25) is 5.02 Å². The second kappa shape index (κ2) is 9.21. The Balaban J connectivity index is 1.34. The van der Waals surface area contributed by atoms with Gasteiger partial charge in [0.1, 0.15) is 0 Å². The van der Waals surface area contributed by atoms with Crippen LogP contribution in [0.4, 0.5) is 5.13 Å². The number of ketones is 1. The lowest BCUT2D eigenvalue weighted by Crippen LogP contribution is -2.11. The van der Waals surface area contributed by atoms with Gasteiger partial charge in [-0.2, -0.15) is 0 Å². The molecule has 2 aromatic carbocycles. The van der Waals surface area contributed by atoms with E-state index in [1.165, 1.54) is 23.1 Å². The van der Waals surface area contributed by atoms with Crippen molar-refractivity contribution in [3.05, 3.63) is 76.9 Å². The van der Waals surface area contributed by atoms with Crippen molar-refractivity contribution in [1.82, 2.24) is 15.4 Å². The Kier molecular flexibility index (Phi) is 6.22. The number of anilines is 1. The molecule has 1 N–H and O–H groups in total. The molecule has 1 amide bonds. The Morgan fingerprint density at radius 1 is 1.07 bits per heavy atom. The van der Waals surface area contributed by atoms with Crippen LogP contribution in [0.1, 0.15) is 20.8 Å². The summed E-state index contributed by atoms with van der Waals surface area (Å²) in [6, 6.07) is 17.6. The molecule has 4 rings (SSSR count). The monoisotopic (exact) mass is 456 g/mol. The Morgan fingerprint density at radius 3 is 2.60 bits per heavy atom. The fourth-order valence-electron chi connectivity index (χ4n) is 2.45. The van der Waals surface area contributed by atoms with Crippen molar-refractivity contribution in [2.45, 2.75) is 4.34 Å². The smallest absolute Gasteiger partial charge is 0.279 e. The Hall–Kier alpha value is -3.01. The van der Waals surface area contributed by atoms with Crippen LogP contribution in [0.15, 0.2) is 69.5 Å². The molecule has 7 nitrogen and oxygen atoms in total. The van der Waals surface area contributed by atoms with E-state index in [2.05, 4.69) is 20.7 Å². The molecule has 0 atom stereocenters. The molecular weight excluding hydrogens is 444 g/mol. The molecule has 150 valence electrons. The molecule has 0 unspecified atom stereocenters. The molecule has 2 aromatic heterocycles. The van der Waals surface area contributed by atoms with Gasteiger partial charge in [0, 0.05) is 22.2 Å². The molecule has 0 fully saturated rings. The quantitative estimate of drug-likeness (QED) is 0.235. The molecule has 0 saturated heterocycles. The van der Waals surface area contributed by atoms with E-state index in [1.807, 2.05) is 30.3 Å². The predicted octanol–water partition coefficient (Wildman–Crippen LogP) is 5.07. The van der Waals surface area contributed by atoms with Crippen LogP contribution in [0.25, 0.3) is 11.3 Å². The van der Waals surface area contributed by atoms with Crippen LogP contribution in [-0.4, -0.2) is 32.8 Å². The fraction of sp³-hybridized carbons (Fsp3) is 0.0500. The molecule has 2 heterocycles. The fourth-order valence-corrected chi connectivity index (χ4v) is 4.21. The standard InChI is InChI=1S/C20H13ClN4O3S2/c21-14-8-6-12(7-9-14)16(26)11-29-20-24-23-19(30-20)22-18(27)15-10-17(28-25-15)13-4-2-1-3-5-13/h1-10H,11H2,(H,22,23,27). The number of hydrogen-bond acceptors (Lipinski definition) is 8. The highest BCUT2D eigenvalue weighted by Gasteiger charge is 2.16. The lowest BCUT2D eigenvalue weighted by atomic mass is 10.1. The SMILES string of the molecule is O=C(CSc1nnc(NC(=O)c2cc(-c3ccccc3)on2)s1)c1ccc(Cl)cc1. The maximum atomic E-state index is 12.4. The van der Waals surface area contributed by atoms with E-state index < -0.39 is 5.91 Å². The second-order valence-electron chi connectivity index (χ2n) is 5.99. The average Bonchev–Trinajstić information content (AvgIpc) is 3.43. The number of halogens is 1. The summed E-state index contributed by atoms with van der Waals surface area (Å²) in [5, 5.41) is 15.3. The van der Waals surface area contributed by atoms with Gasteiger partial charge < -0.3 is 4.52 Å². The summed E-state index contributed by atoms with van der Waals surface area (Å²) in [6.07, 6.45) is 0. The van der Waals surface area contributed by atoms with Gasteiger partial charge in [0.05, 0.1) is 5.75 Å². The highest BCUT2D eigenvalue weighted by Crippen LogP contribution is 2.27. The number of thioether (sulfide) groups is 1. The number of hydrogen-bond donors (Lipinski definition) is 1. The molecule has 0 bridgehead atoms. The highest BCUT2D eigenvalue weighted by atomic mass is 35.5. The summed E-state index contributed by atoms with van der Waals surface area (Å²) in [4.78, 5) is 24.6. The lowest BCUT2D eigenvalue weighted by molar-refractivity contribution is 0.101. The van der Waals surface area contributed by atoms with Gasteiger partial charge in [0.15, 0.2) is 21.6 Å². The van der Waals surface area contributed by atoms with Crippen molar-refractivity contribution in [3.8, 4) is 11.3 Å². The number of carbonyl (C=O) groups is 2. The maximum absolute atomic E-state index is 12.4. The Bertz CT molecular complexity index is 1180. The molecule has 0 aliphatic heterocycles. The van der Waals surface area contributed by atoms with Crippen LogP contribution >= 0.6 is 34.7 Å². The number of carbonyl (C=O) groups excluding carboxylic acids is 2. The zero-order chi connectivity index (χ0) is 20.9. The minimum atomic E-state index is -0.453. The van der Waals surface area contributed by atoms with Gasteiger partial charge >= 0.3 is 0 Å². The van der Waals surface area contributed by atoms with Gasteiger partial charge in [-0.05, 0) is 24.3 Å². The average molecular weight is 457 g/mol. The molecule has 0 spiro atoms. The molecule has 30 heavy (non-hydrogen) atoms. The first-order chi connectivity index (χ1) is 14.6. The normalized spacial score (nSPS) is 10.7. The van der Waals surface area contributed by atoms with Crippen molar-refractivity contribution >= 4 is 51.5 Å². The second-order valence-corrected chi connectivity index (χ2v) is 8.62. The first kappa shape index (κ1) is 20.3. The van der Waals surface area contributed by atoms with E-state index in [0.717, 1.165) is 5.56 Å². The number of amides is 1. The number of rotatable bonds is 7. The van der Waals surface area contributed by atoms with Crippen LogP contribution < -0.4 is 5.32 Å². The minimum Gasteiger partial charge on any atom is -0.355 e. The van der Waals surface area contributed by atoms with E-state index in [9.17, 15) is 9.59 Å².